The number of benzene rings is 2. The first-order chi connectivity index (χ1) is 15.4. The number of carbonyl (C=O) groups is 1. The van der Waals surface area contributed by atoms with Gasteiger partial charge in [0.15, 0.2) is 0 Å². The van der Waals surface area contributed by atoms with Gasteiger partial charge in [0.1, 0.15) is 0 Å². The Bertz CT molecular complexity index is 1150. The molecule has 1 aromatic heterocycles. The molecule has 0 spiro atoms. The van der Waals surface area contributed by atoms with E-state index >= 15 is 0 Å². The molecule has 3 N–H and O–H groups in total. The first kappa shape index (κ1) is 22.8. The van der Waals surface area contributed by atoms with Gasteiger partial charge in [-0.3, -0.25) is 0 Å². The number of hydrogen-bond donors (Lipinski definition) is 2. The van der Waals surface area contributed by atoms with Crippen molar-refractivity contribution in [3.8, 4) is 0 Å². The number of fused-ring (bicyclic) bond motifs is 1. The topological polar surface area (TPSA) is 84.1 Å². The summed E-state index contributed by atoms with van der Waals surface area (Å²) in [4.78, 5) is 23.5. The number of hydrogen-bond acceptors (Lipinski definition) is 5. The number of nitrogens with zero attached hydrogens (tertiary/aromatic N) is 3. The number of rotatable bonds is 6. The second kappa shape index (κ2) is 10.0. The maximum atomic E-state index is 11.9. The van der Waals surface area contributed by atoms with E-state index in [2.05, 4.69) is 40.3 Å². The van der Waals surface area contributed by atoms with E-state index in [-0.39, 0.29) is 0 Å². The van der Waals surface area contributed by atoms with Gasteiger partial charge in [0.05, 0.1) is 0 Å². The molecule has 0 bridgehead atoms. The van der Waals surface area contributed by atoms with Crippen molar-refractivity contribution in [3.05, 3.63) is 69.9 Å². The molecule has 6 nitrogen and oxygen atoms in total. The molecule has 32 heavy (non-hydrogen) atoms. The van der Waals surface area contributed by atoms with Gasteiger partial charge in [-0.1, -0.05) is 0 Å². The quantitative estimate of drug-likeness (QED) is 0.495. The van der Waals surface area contributed by atoms with Crippen LogP contribution in [0.25, 0.3) is 0 Å². The minimum atomic E-state index is -0.733. The zero-order valence-corrected chi connectivity index (χ0v) is 21.1. The Hall–Kier alpha value is -2.40. The minimum absolute atomic E-state index is 0.403. The van der Waals surface area contributed by atoms with E-state index in [0.717, 1.165) is 42.7 Å². The van der Waals surface area contributed by atoms with Crippen LogP contribution in [0.3, 0.4) is 0 Å². The Kier molecular flexibility index (Phi) is 7.14. The van der Waals surface area contributed by atoms with Crippen LogP contribution in [-0.4, -0.2) is 56.2 Å². The Balaban J connectivity index is 1.57. The van der Waals surface area contributed by atoms with Crippen LogP contribution in [0.2, 0.25) is 5.02 Å². The van der Waals surface area contributed by atoms with Crippen molar-refractivity contribution in [2.45, 2.75) is 26.7 Å². The van der Waals surface area contributed by atoms with Gasteiger partial charge in [-0.2, -0.15) is 0 Å². The molecule has 1 unspecified atom stereocenters. The van der Waals surface area contributed by atoms with Crippen molar-refractivity contribution in [3.63, 3.8) is 0 Å². The monoisotopic (exact) mass is 511 g/mol. The Morgan fingerprint density at radius 1 is 1.22 bits per heavy atom. The number of nitrogens with two attached hydrogens (primary N) is 1. The molecule has 8 heteroatoms. The molecule has 3 aromatic rings. The molecule has 2 aromatic carbocycles. The van der Waals surface area contributed by atoms with E-state index in [1.54, 1.807) is 18.3 Å². The van der Waals surface area contributed by atoms with Gasteiger partial charge in [0.2, 0.25) is 0 Å². The predicted octanol–water partition coefficient (Wildman–Crippen LogP) is 2.09. The summed E-state index contributed by atoms with van der Waals surface area (Å²) in [5.41, 5.74) is 10.4. The third kappa shape index (κ3) is 5.15. The Morgan fingerprint density at radius 3 is 2.75 bits per heavy atom. The number of primary amides is 1. The molecule has 0 fully saturated rings. The van der Waals surface area contributed by atoms with Gasteiger partial charge < -0.3 is 0 Å². The summed E-state index contributed by atoms with van der Waals surface area (Å²) in [6.07, 6.45) is 3.81. The molecular formula is C24H27AsClN5O. The summed E-state index contributed by atoms with van der Waals surface area (Å²) in [5.74, 6) is -0.00720. The second-order valence-electron chi connectivity index (χ2n) is 7.92. The molecule has 0 aliphatic carbocycles. The van der Waals surface area contributed by atoms with Gasteiger partial charge in [0, 0.05) is 0 Å². The maximum absolute atomic E-state index is 11.9. The first-order valence-corrected chi connectivity index (χ1v) is 13.2. The van der Waals surface area contributed by atoms with Crippen molar-refractivity contribution in [1.82, 2.24) is 14.9 Å². The van der Waals surface area contributed by atoms with Crippen LogP contribution in [-0.2, 0) is 12.8 Å². The van der Waals surface area contributed by atoms with E-state index < -0.39 is 21.7 Å². The fourth-order valence-electron chi connectivity index (χ4n) is 3.97. The van der Waals surface area contributed by atoms with Gasteiger partial charge >= 0.3 is 201 Å². The SMILES string of the molecule is CCN1CCc2ccc([AsH]c3ncc(Cl)c(Nc4c(C)cccc4C(N)=O)n3)cc2CC1. The van der Waals surface area contributed by atoms with E-state index in [1.807, 2.05) is 13.0 Å². The van der Waals surface area contributed by atoms with Crippen molar-refractivity contribution in [1.29, 1.82) is 0 Å². The van der Waals surface area contributed by atoms with Crippen LogP contribution < -0.4 is 20.0 Å². The van der Waals surface area contributed by atoms with Crippen LogP contribution in [0.1, 0.15) is 34.0 Å². The predicted molar refractivity (Wildman–Crippen MR) is 132 cm³/mol. The summed E-state index contributed by atoms with van der Waals surface area (Å²) in [6.45, 7) is 7.47. The number of amides is 1. The van der Waals surface area contributed by atoms with Crippen molar-refractivity contribution in [2.24, 2.45) is 5.73 Å². The van der Waals surface area contributed by atoms with Gasteiger partial charge in [-0.05, 0) is 0 Å². The van der Waals surface area contributed by atoms with Crippen molar-refractivity contribution in [2.75, 3.05) is 25.0 Å². The van der Waals surface area contributed by atoms with Gasteiger partial charge in [-0.25, -0.2) is 0 Å². The zero-order chi connectivity index (χ0) is 22.7. The Labute approximate surface area is 200 Å². The molecule has 166 valence electrons. The average molecular weight is 512 g/mol. The fraction of sp³-hybridized carbons (Fsp3) is 0.292. The number of halogens is 1. The number of carbonyl (C=O) groups excluding carboxylic acids is 1. The van der Waals surface area contributed by atoms with Crippen LogP contribution in [0.15, 0.2) is 42.6 Å². The van der Waals surface area contributed by atoms with Crippen LogP contribution in [0.5, 0.6) is 0 Å². The molecule has 2 heterocycles. The Morgan fingerprint density at radius 2 is 2.00 bits per heavy atom. The van der Waals surface area contributed by atoms with Crippen molar-refractivity contribution >= 4 is 53.7 Å². The van der Waals surface area contributed by atoms with Crippen LogP contribution in [0, 0.1) is 6.92 Å². The summed E-state index contributed by atoms with van der Waals surface area (Å²) in [6, 6.07) is 12.2. The van der Waals surface area contributed by atoms with Crippen molar-refractivity contribution < 1.29 is 4.79 Å². The number of para-hydroxylation sites is 1. The molecule has 0 saturated carbocycles. The number of likely N-dealkylation sites (N-methyl/N-ethyl adjacent to an activating group) is 1. The van der Waals surface area contributed by atoms with Crippen LogP contribution >= 0.6 is 11.6 Å². The molecule has 4 rings (SSSR count). The fourth-order valence-corrected chi connectivity index (χ4v) is 6.14. The van der Waals surface area contributed by atoms with E-state index in [0.29, 0.717) is 22.1 Å². The number of anilines is 2. The van der Waals surface area contributed by atoms with E-state index in [4.69, 9.17) is 22.3 Å². The summed E-state index contributed by atoms with van der Waals surface area (Å²) in [7, 11) is 0. The molecule has 1 aliphatic rings. The van der Waals surface area contributed by atoms with Gasteiger partial charge in [-0.15, -0.1) is 0 Å². The zero-order valence-electron chi connectivity index (χ0n) is 18.3. The summed E-state index contributed by atoms with van der Waals surface area (Å²) < 4.78 is 2.09. The number of nitrogens with one attached hydrogen (secondary N) is 1. The average Bonchev–Trinajstić information content (AvgIpc) is 2.99. The summed E-state index contributed by atoms with van der Waals surface area (Å²) >= 11 is 5.65. The standard InChI is InChI=1S/C24H27AsClN5O/c1-3-31-11-9-16-7-8-18(13-17(16)10-12-31)25-24-28-14-20(26)23(30-24)29-21-15(2)5-4-6-19(21)22(27)32/h4-8,13-14,25H,3,9-12H2,1-2H3,(H2,27,32)(H,28,29,30). The molecule has 0 saturated heterocycles. The third-order valence-corrected chi connectivity index (χ3v) is 8.34. The van der Waals surface area contributed by atoms with Gasteiger partial charge in [0.25, 0.3) is 0 Å². The van der Waals surface area contributed by atoms with Crippen LogP contribution in [0.4, 0.5) is 11.5 Å². The normalized spacial score (nSPS) is 14.3. The number of aromatic nitrogens is 2. The third-order valence-electron chi connectivity index (χ3n) is 5.83. The molecule has 1 aliphatic heterocycles. The van der Waals surface area contributed by atoms with E-state index in [9.17, 15) is 4.79 Å². The molecule has 1 atom stereocenters. The summed E-state index contributed by atoms with van der Waals surface area (Å²) in [5, 5.41) is 3.62. The molecule has 0 radical (unpaired) electrons. The van der Waals surface area contributed by atoms with E-state index in [1.165, 1.54) is 15.5 Å². The second-order valence-corrected chi connectivity index (χ2v) is 11.0. The first-order valence-electron chi connectivity index (χ1n) is 10.7. The molecule has 1 amide bonds. The molecular weight excluding hydrogens is 485 g/mol. The number of aryl methyl sites for hydroxylation is 1.